The second-order valence-electron chi connectivity index (χ2n) is 4.56. The molecule has 1 heteroatoms. The van der Waals surface area contributed by atoms with Crippen molar-refractivity contribution in [1.29, 1.82) is 0 Å². The molecule has 0 saturated heterocycles. The fourth-order valence-electron chi connectivity index (χ4n) is 3.08. The molecule has 0 bridgehead atoms. The van der Waals surface area contributed by atoms with Crippen LogP contribution < -0.4 is 0 Å². The fourth-order valence-corrected chi connectivity index (χ4v) is 3.08. The lowest BCUT2D eigenvalue weighted by atomic mass is 9.79. The van der Waals surface area contributed by atoms with Crippen molar-refractivity contribution in [2.75, 3.05) is 0 Å². The van der Waals surface area contributed by atoms with E-state index in [-0.39, 0.29) is 0 Å². The lowest BCUT2D eigenvalue weighted by Crippen LogP contribution is -2.09. The molecule has 10 heavy (non-hydrogen) atoms. The molecule has 0 nitrogen and oxygen atoms in total. The predicted octanol–water partition coefficient (Wildman–Crippen LogP) is 2.15. The van der Waals surface area contributed by atoms with Gasteiger partial charge >= 0.3 is 0 Å². The van der Waals surface area contributed by atoms with Gasteiger partial charge in [0.15, 0.2) is 0 Å². The van der Waals surface area contributed by atoms with Crippen LogP contribution in [0.1, 0.15) is 44.9 Å². The first-order chi connectivity index (χ1) is 4.81. The largest absolute Gasteiger partial charge is 0.105 e. The molecule has 0 aromatic carbocycles. The summed E-state index contributed by atoms with van der Waals surface area (Å²) >= 11 is 0. The van der Waals surface area contributed by atoms with Crippen LogP contribution in [0.15, 0.2) is 0 Å². The molecule has 0 aromatic rings. The van der Waals surface area contributed by atoms with E-state index in [0.717, 1.165) is 11.2 Å². The monoisotopic (exact) mass is 136 g/mol. The van der Waals surface area contributed by atoms with E-state index >= 15 is 0 Å². The van der Waals surface area contributed by atoms with Crippen LogP contribution in [-0.2, 0) is 0 Å². The maximum Gasteiger partial charge on any atom is 0.105 e. The first-order valence-corrected chi connectivity index (χ1v) is 4.81. The Morgan fingerprint density at radius 2 is 1.80 bits per heavy atom. The number of hydrogen-bond donors (Lipinski definition) is 0. The smallest absolute Gasteiger partial charge is 0.0692 e. The second kappa shape index (κ2) is 2.28. The van der Waals surface area contributed by atoms with Gasteiger partial charge in [-0.3, -0.25) is 0 Å². The van der Waals surface area contributed by atoms with Crippen molar-refractivity contribution in [2.24, 2.45) is 5.41 Å². The summed E-state index contributed by atoms with van der Waals surface area (Å²) in [7, 11) is 2.42. The van der Waals surface area contributed by atoms with Crippen molar-refractivity contribution < 1.29 is 0 Å². The van der Waals surface area contributed by atoms with Gasteiger partial charge in [-0.05, 0) is 24.7 Å². The molecule has 2 saturated carbocycles. The quantitative estimate of drug-likeness (QED) is 0.447. The third kappa shape index (κ3) is 1.000. The molecule has 0 heterocycles. The molecule has 0 N–H and O–H groups in total. The molecule has 1 spiro atoms. The van der Waals surface area contributed by atoms with E-state index in [4.69, 9.17) is 0 Å². The predicted molar refractivity (Wildman–Crippen MR) is 47.0 cm³/mol. The topological polar surface area (TPSA) is 0 Å². The van der Waals surface area contributed by atoms with E-state index in [0.29, 0.717) is 0 Å². The van der Waals surface area contributed by atoms with E-state index in [1.807, 2.05) is 0 Å². The Morgan fingerprint density at radius 3 is 2.30 bits per heavy atom. The Balaban J connectivity index is 2.03. The normalized spacial score (nSPS) is 37.4. The summed E-state index contributed by atoms with van der Waals surface area (Å²) < 4.78 is 0. The molecule has 1 unspecified atom stereocenters. The molecule has 0 aromatic heterocycles. The van der Waals surface area contributed by atoms with Gasteiger partial charge in [0.1, 0.15) is 7.85 Å². The average Bonchev–Trinajstić information content (AvgIpc) is 2.46. The molecular formula is C9H17B. The van der Waals surface area contributed by atoms with Gasteiger partial charge in [0.2, 0.25) is 0 Å². The minimum Gasteiger partial charge on any atom is -0.0692 e. The molecule has 0 amide bonds. The third-order valence-electron chi connectivity index (χ3n) is 3.61. The van der Waals surface area contributed by atoms with Crippen molar-refractivity contribution >= 4 is 7.85 Å². The third-order valence-corrected chi connectivity index (χ3v) is 3.61. The highest BCUT2D eigenvalue weighted by molar-refractivity contribution is 6.11. The van der Waals surface area contributed by atoms with Gasteiger partial charge in [-0.15, -0.1) is 0 Å². The second-order valence-corrected chi connectivity index (χ2v) is 4.56. The van der Waals surface area contributed by atoms with Gasteiger partial charge in [-0.25, -0.2) is 0 Å². The zero-order chi connectivity index (χ0) is 7.03. The van der Waals surface area contributed by atoms with Crippen LogP contribution in [0.3, 0.4) is 0 Å². The Bertz CT molecular complexity index is 125. The highest BCUT2D eigenvalue weighted by Gasteiger charge is 2.38. The lowest BCUT2D eigenvalue weighted by Gasteiger charge is -2.21. The molecule has 2 aliphatic rings. The zero-order valence-corrected chi connectivity index (χ0v) is 7.03. The van der Waals surface area contributed by atoms with Gasteiger partial charge in [0.25, 0.3) is 0 Å². The van der Waals surface area contributed by atoms with Crippen LogP contribution in [0.2, 0.25) is 5.82 Å². The summed E-state index contributed by atoms with van der Waals surface area (Å²) in [6.45, 7) is 0. The van der Waals surface area contributed by atoms with Crippen molar-refractivity contribution in [3.05, 3.63) is 0 Å². The minimum atomic E-state index is 0.861. The summed E-state index contributed by atoms with van der Waals surface area (Å²) in [5.74, 6) is 1.04. The van der Waals surface area contributed by atoms with Crippen LogP contribution in [0, 0.1) is 5.41 Å². The molecule has 2 fully saturated rings. The SMILES string of the molecule is BC1CCC2(CCCC2)C1. The number of rotatable bonds is 0. The molecule has 2 aliphatic carbocycles. The molecule has 0 aliphatic heterocycles. The number of hydrogen-bond acceptors (Lipinski definition) is 0. The van der Waals surface area contributed by atoms with Crippen molar-refractivity contribution in [3.63, 3.8) is 0 Å². The van der Waals surface area contributed by atoms with E-state index in [1.165, 1.54) is 19.3 Å². The van der Waals surface area contributed by atoms with Crippen molar-refractivity contribution in [3.8, 4) is 0 Å². The van der Waals surface area contributed by atoms with Crippen LogP contribution in [0.4, 0.5) is 0 Å². The summed E-state index contributed by atoms with van der Waals surface area (Å²) in [4.78, 5) is 0. The van der Waals surface area contributed by atoms with E-state index in [2.05, 4.69) is 7.85 Å². The first-order valence-electron chi connectivity index (χ1n) is 4.81. The van der Waals surface area contributed by atoms with Gasteiger partial charge in [-0.1, -0.05) is 31.5 Å². The summed E-state index contributed by atoms with van der Waals surface area (Å²) in [6.07, 6.45) is 10.8. The molecular weight excluding hydrogens is 119 g/mol. The Morgan fingerprint density at radius 1 is 1.10 bits per heavy atom. The highest BCUT2D eigenvalue weighted by atomic mass is 14.4. The summed E-state index contributed by atoms with van der Waals surface area (Å²) in [6, 6.07) is 0. The van der Waals surface area contributed by atoms with Crippen LogP contribution in [-0.4, -0.2) is 7.85 Å². The van der Waals surface area contributed by atoms with Gasteiger partial charge in [0, 0.05) is 0 Å². The molecule has 1 atom stereocenters. The van der Waals surface area contributed by atoms with E-state index < -0.39 is 0 Å². The zero-order valence-electron chi connectivity index (χ0n) is 7.03. The van der Waals surface area contributed by atoms with E-state index in [9.17, 15) is 0 Å². The maximum absolute atomic E-state index is 2.42. The lowest BCUT2D eigenvalue weighted by molar-refractivity contribution is 0.309. The Kier molecular flexibility index (Phi) is 1.54. The van der Waals surface area contributed by atoms with E-state index in [1.54, 1.807) is 25.7 Å². The van der Waals surface area contributed by atoms with Crippen LogP contribution >= 0.6 is 0 Å². The van der Waals surface area contributed by atoms with Gasteiger partial charge in [-0.2, -0.15) is 0 Å². The van der Waals surface area contributed by atoms with Gasteiger partial charge in [0.05, 0.1) is 0 Å². The highest BCUT2D eigenvalue weighted by Crippen LogP contribution is 2.53. The molecule has 0 radical (unpaired) electrons. The summed E-state index contributed by atoms with van der Waals surface area (Å²) in [5.41, 5.74) is 0.861. The first kappa shape index (κ1) is 6.76. The average molecular weight is 136 g/mol. The molecule has 56 valence electrons. The van der Waals surface area contributed by atoms with Gasteiger partial charge < -0.3 is 0 Å². The van der Waals surface area contributed by atoms with Crippen molar-refractivity contribution in [1.82, 2.24) is 0 Å². The maximum atomic E-state index is 2.42. The molecule has 2 rings (SSSR count). The fraction of sp³-hybridized carbons (Fsp3) is 1.00. The minimum absolute atomic E-state index is 0.861. The standard InChI is InChI=1S/C9H17B/c10-8-3-6-9(7-8)4-1-2-5-9/h8H,1-7,10H2. The Hall–Kier alpha value is 0.0649. The Labute approximate surface area is 64.8 Å². The van der Waals surface area contributed by atoms with Crippen LogP contribution in [0.5, 0.6) is 0 Å². The van der Waals surface area contributed by atoms with Crippen LogP contribution in [0.25, 0.3) is 0 Å². The summed E-state index contributed by atoms with van der Waals surface area (Å²) in [5, 5.41) is 0. The van der Waals surface area contributed by atoms with Crippen molar-refractivity contribution in [2.45, 2.75) is 50.8 Å².